The fourth-order valence-electron chi connectivity index (χ4n) is 2.62. The molecule has 1 aliphatic rings. The molecule has 2 aromatic rings. The molecule has 4 nitrogen and oxygen atoms in total. The molecule has 2 aromatic heterocycles. The molecule has 0 amide bonds. The van der Waals surface area contributed by atoms with E-state index in [9.17, 15) is 0 Å². The number of nitrogens with two attached hydrogens (primary N) is 1. The summed E-state index contributed by atoms with van der Waals surface area (Å²) in [6.07, 6.45) is 2.49. The Labute approximate surface area is 111 Å². The lowest BCUT2D eigenvalue weighted by Gasteiger charge is -2.30. The molecule has 0 radical (unpaired) electrons. The molecule has 3 heterocycles. The molecule has 3 rings (SSSR count). The number of likely N-dealkylation sites (tertiary alicyclic amines) is 1. The first-order valence-electron chi connectivity index (χ1n) is 6.31. The van der Waals surface area contributed by atoms with Crippen molar-refractivity contribution in [3.63, 3.8) is 0 Å². The highest BCUT2D eigenvalue weighted by Gasteiger charge is 2.32. The van der Waals surface area contributed by atoms with Crippen LogP contribution in [0, 0.1) is 0 Å². The Hall–Kier alpha value is -1.20. The van der Waals surface area contributed by atoms with Gasteiger partial charge in [0.2, 0.25) is 0 Å². The summed E-state index contributed by atoms with van der Waals surface area (Å²) in [5.74, 6) is 1.45. The summed E-state index contributed by atoms with van der Waals surface area (Å²) < 4.78 is 0. The molecule has 1 fully saturated rings. The van der Waals surface area contributed by atoms with Crippen LogP contribution >= 0.6 is 11.3 Å². The molecule has 0 atom stereocenters. The summed E-state index contributed by atoms with van der Waals surface area (Å²) in [4.78, 5) is 12.5. The van der Waals surface area contributed by atoms with Crippen molar-refractivity contribution in [1.82, 2.24) is 14.9 Å². The van der Waals surface area contributed by atoms with Gasteiger partial charge in [0.1, 0.15) is 16.5 Å². The quantitative estimate of drug-likeness (QED) is 0.904. The number of rotatable bonds is 2. The SMILES string of the molecule is CC1(C)CCCN1Cc1nc(N)c2ccsc2n1. The molecule has 0 bridgehead atoms. The first kappa shape index (κ1) is 11.9. The number of nitrogen functional groups attached to an aromatic ring is 1. The normalized spacial score (nSPS) is 19.7. The van der Waals surface area contributed by atoms with Gasteiger partial charge in [0.15, 0.2) is 0 Å². The van der Waals surface area contributed by atoms with Crippen molar-refractivity contribution in [2.24, 2.45) is 0 Å². The number of fused-ring (bicyclic) bond motifs is 1. The largest absolute Gasteiger partial charge is 0.383 e. The van der Waals surface area contributed by atoms with Gasteiger partial charge in [-0.2, -0.15) is 0 Å². The minimum absolute atomic E-state index is 0.253. The van der Waals surface area contributed by atoms with E-state index in [1.807, 2.05) is 11.4 Å². The van der Waals surface area contributed by atoms with Crippen LogP contribution in [0.25, 0.3) is 10.2 Å². The van der Waals surface area contributed by atoms with Gasteiger partial charge in [-0.15, -0.1) is 11.3 Å². The molecule has 0 aliphatic carbocycles. The van der Waals surface area contributed by atoms with Crippen molar-refractivity contribution < 1.29 is 0 Å². The van der Waals surface area contributed by atoms with Crippen LogP contribution in [0.2, 0.25) is 0 Å². The van der Waals surface area contributed by atoms with E-state index in [2.05, 4.69) is 28.7 Å². The highest BCUT2D eigenvalue weighted by Crippen LogP contribution is 2.30. The maximum atomic E-state index is 5.98. The van der Waals surface area contributed by atoms with E-state index >= 15 is 0 Å². The topological polar surface area (TPSA) is 55.0 Å². The number of hydrogen-bond donors (Lipinski definition) is 1. The number of thiophene rings is 1. The minimum atomic E-state index is 0.253. The summed E-state index contributed by atoms with van der Waals surface area (Å²) in [6.45, 7) is 6.49. The second-order valence-corrected chi connectivity index (χ2v) is 6.40. The fraction of sp³-hybridized carbons (Fsp3) is 0.538. The predicted octanol–water partition coefficient (Wildman–Crippen LogP) is 2.65. The highest BCUT2D eigenvalue weighted by atomic mass is 32.1. The van der Waals surface area contributed by atoms with Crippen molar-refractivity contribution in [3.8, 4) is 0 Å². The van der Waals surface area contributed by atoms with E-state index in [1.165, 1.54) is 12.8 Å². The Kier molecular flexibility index (Phi) is 2.75. The Morgan fingerprint density at radius 3 is 3.00 bits per heavy atom. The van der Waals surface area contributed by atoms with Gasteiger partial charge in [0.25, 0.3) is 0 Å². The summed E-state index contributed by atoms with van der Waals surface area (Å²) in [7, 11) is 0. The molecule has 0 saturated carbocycles. The van der Waals surface area contributed by atoms with E-state index in [1.54, 1.807) is 11.3 Å². The lowest BCUT2D eigenvalue weighted by Crippen LogP contribution is -2.37. The van der Waals surface area contributed by atoms with Crippen molar-refractivity contribution >= 4 is 27.4 Å². The van der Waals surface area contributed by atoms with Gasteiger partial charge >= 0.3 is 0 Å². The summed E-state index contributed by atoms with van der Waals surface area (Å²) >= 11 is 1.62. The van der Waals surface area contributed by atoms with Crippen LogP contribution in [-0.2, 0) is 6.54 Å². The van der Waals surface area contributed by atoms with Crippen LogP contribution in [0.3, 0.4) is 0 Å². The van der Waals surface area contributed by atoms with Crippen LogP contribution in [0.15, 0.2) is 11.4 Å². The third kappa shape index (κ3) is 1.97. The number of anilines is 1. The Morgan fingerprint density at radius 1 is 1.44 bits per heavy atom. The van der Waals surface area contributed by atoms with Gasteiger partial charge in [-0.1, -0.05) is 0 Å². The van der Waals surface area contributed by atoms with Gasteiger partial charge in [-0.05, 0) is 44.7 Å². The Morgan fingerprint density at radius 2 is 2.28 bits per heavy atom. The van der Waals surface area contributed by atoms with Crippen molar-refractivity contribution in [1.29, 1.82) is 0 Å². The molecule has 1 saturated heterocycles. The Balaban J connectivity index is 1.91. The molecular formula is C13H18N4S. The summed E-state index contributed by atoms with van der Waals surface area (Å²) in [6, 6.07) is 1.99. The molecule has 1 aliphatic heterocycles. The molecular weight excluding hydrogens is 244 g/mol. The third-order valence-electron chi connectivity index (χ3n) is 3.81. The van der Waals surface area contributed by atoms with E-state index in [4.69, 9.17) is 5.73 Å². The van der Waals surface area contributed by atoms with Crippen LogP contribution in [0.5, 0.6) is 0 Å². The molecule has 2 N–H and O–H groups in total. The zero-order chi connectivity index (χ0) is 12.8. The summed E-state index contributed by atoms with van der Waals surface area (Å²) in [5.41, 5.74) is 6.23. The molecule has 5 heteroatoms. The zero-order valence-electron chi connectivity index (χ0n) is 10.8. The van der Waals surface area contributed by atoms with Gasteiger partial charge < -0.3 is 5.73 Å². The van der Waals surface area contributed by atoms with Gasteiger partial charge in [0, 0.05) is 5.54 Å². The van der Waals surface area contributed by atoms with Crippen LogP contribution in [0.1, 0.15) is 32.5 Å². The number of hydrogen-bond acceptors (Lipinski definition) is 5. The molecule has 18 heavy (non-hydrogen) atoms. The van der Waals surface area contributed by atoms with E-state index in [0.717, 1.165) is 29.1 Å². The van der Waals surface area contributed by atoms with E-state index in [-0.39, 0.29) is 5.54 Å². The average Bonchev–Trinajstić information content (AvgIpc) is 2.87. The maximum Gasteiger partial charge on any atom is 0.146 e. The fourth-order valence-corrected chi connectivity index (χ4v) is 3.41. The zero-order valence-corrected chi connectivity index (χ0v) is 11.6. The maximum absolute atomic E-state index is 5.98. The van der Waals surface area contributed by atoms with Crippen molar-refractivity contribution in [2.75, 3.05) is 12.3 Å². The smallest absolute Gasteiger partial charge is 0.146 e. The standard InChI is InChI=1S/C13H18N4S/c1-13(2)5-3-6-17(13)8-10-15-11(14)9-4-7-18-12(9)16-10/h4,7H,3,5-6,8H2,1-2H3,(H2,14,15,16). The molecule has 0 aromatic carbocycles. The Bertz CT molecular complexity index is 575. The van der Waals surface area contributed by atoms with Gasteiger partial charge in [-0.25, -0.2) is 9.97 Å². The number of aromatic nitrogens is 2. The van der Waals surface area contributed by atoms with Gasteiger partial charge in [0.05, 0.1) is 11.9 Å². The van der Waals surface area contributed by atoms with E-state index < -0.39 is 0 Å². The second-order valence-electron chi connectivity index (χ2n) is 5.50. The highest BCUT2D eigenvalue weighted by molar-refractivity contribution is 7.16. The summed E-state index contributed by atoms with van der Waals surface area (Å²) in [5, 5.41) is 2.99. The first-order valence-corrected chi connectivity index (χ1v) is 7.19. The monoisotopic (exact) mass is 262 g/mol. The molecule has 0 spiro atoms. The average molecular weight is 262 g/mol. The first-order chi connectivity index (χ1) is 8.56. The van der Waals surface area contributed by atoms with Crippen molar-refractivity contribution in [3.05, 3.63) is 17.3 Å². The lowest BCUT2D eigenvalue weighted by atomic mass is 10.0. The van der Waals surface area contributed by atoms with Crippen LogP contribution < -0.4 is 5.73 Å². The van der Waals surface area contributed by atoms with Gasteiger partial charge in [-0.3, -0.25) is 4.90 Å². The lowest BCUT2D eigenvalue weighted by molar-refractivity contribution is 0.162. The van der Waals surface area contributed by atoms with E-state index in [0.29, 0.717) is 5.82 Å². The third-order valence-corrected chi connectivity index (χ3v) is 4.61. The number of nitrogens with zero attached hydrogens (tertiary/aromatic N) is 3. The van der Waals surface area contributed by atoms with Crippen LogP contribution in [0.4, 0.5) is 5.82 Å². The van der Waals surface area contributed by atoms with Crippen molar-refractivity contribution in [2.45, 2.75) is 38.8 Å². The predicted molar refractivity (Wildman–Crippen MR) is 75.6 cm³/mol. The molecule has 0 unspecified atom stereocenters. The van der Waals surface area contributed by atoms with Crippen LogP contribution in [-0.4, -0.2) is 27.0 Å². The molecule has 96 valence electrons. The second kappa shape index (κ2) is 4.17. The minimum Gasteiger partial charge on any atom is -0.383 e.